The number of sulfonamides is 1. The molecule has 1 amide bonds. The van der Waals surface area contributed by atoms with E-state index in [2.05, 4.69) is 20.2 Å². The number of amides is 1. The van der Waals surface area contributed by atoms with Crippen molar-refractivity contribution in [3.05, 3.63) is 24.3 Å². The molecule has 12 heteroatoms. The summed E-state index contributed by atoms with van der Waals surface area (Å²) in [6.07, 6.45) is -0.0267. The van der Waals surface area contributed by atoms with E-state index in [-0.39, 0.29) is 23.8 Å². The van der Waals surface area contributed by atoms with Gasteiger partial charge in [-0.1, -0.05) is 23.1 Å². The number of carbonyl (C=O) groups excluding carboxylic acids is 1. The number of aromatic nitrogens is 2. The molecular formula is C15H20N4O5S3. The molecule has 0 radical (unpaired) electrons. The van der Waals surface area contributed by atoms with Crippen LogP contribution in [0.5, 0.6) is 5.75 Å². The molecule has 0 fully saturated rings. The summed E-state index contributed by atoms with van der Waals surface area (Å²) in [5.41, 5.74) is 0. The molecule has 148 valence electrons. The van der Waals surface area contributed by atoms with E-state index >= 15 is 0 Å². The Balaban J connectivity index is 1.78. The number of nitrogens with zero attached hydrogens (tertiary/aromatic N) is 2. The van der Waals surface area contributed by atoms with Gasteiger partial charge in [0.2, 0.25) is 21.1 Å². The Morgan fingerprint density at radius 2 is 1.96 bits per heavy atom. The zero-order valence-electron chi connectivity index (χ0n) is 14.8. The minimum absolute atomic E-state index is 0.0267. The van der Waals surface area contributed by atoms with Crippen LogP contribution in [0.2, 0.25) is 0 Å². The second kappa shape index (κ2) is 10.6. The number of ether oxygens (including phenoxy) is 2. The highest BCUT2D eigenvalue weighted by Gasteiger charge is 2.15. The smallest absolute Gasteiger partial charge is 0.240 e. The lowest BCUT2D eigenvalue weighted by Crippen LogP contribution is -2.27. The molecule has 0 bridgehead atoms. The Bertz CT molecular complexity index is 839. The first-order valence-electron chi connectivity index (χ1n) is 7.83. The zero-order chi connectivity index (χ0) is 19.7. The highest BCUT2D eigenvalue weighted by Crippen LogP contribution is 2.25. The van der Waals surface area contributed by atoms with Crippen LogP contribution in [-0.4, -0.2) is 57.6 Å². The average Bonchev–Trinajstić information content (AvgIpc) is 3.09. The number of thioether (sulfide) groups is 1. The van der Waals surface area contributed by atoms with Gasteiger partial charge in [0.1, 0.15) is 5.75 Å². The van der Waals surface area contributed by atoms with Gasteiger partial charge in [-0.05, 0) is 24.3 Å². The van der Waals surface area contributed by atoms with E-state index in [1.165, 1.54) is 42.3 Å². The minimum atomic E-state index is -3.69. The van der Waals surface area contributed by atoms with Gasteiger partial charge < -0.3 is 14.8 Å². The molecule has 0 unspecified atom stereocenters. The fourth-order valence-corrected chi connectivity index (χ4v) is 4.62. The SMILES string of the molecule is COCCSc1nnc(NC(=O)CCNS(=O)(=O)c2ccc(OC)cc2)s1. The maximum Gasteiger partial charge on any atom is 0.240 e. The number of hydrogen-bond acceptors (Lipinski definition) is 9. The predicted octanol–water partition coefficient (Wildman–Crippen LogP) is 1.59. The molecule has 1 aromatic heterocycles. The Morgan fingerprint density at radius 1 is 1.22 bits per heavy atom. The first-order valence-corrected chi connectivity index (χ1v) is 11.1. The Labute approximate surface area is 165 Å². The molecule has 0 saturated carbocycles. The van der Waals surface area contributed by atoms with Gasteiger partial charge >= 0.3 is 0 Å². The van der Waals surface area contributed by atoms with Crippen LogP contribution in [0.4, 0.5) is 5.13 Å². The lowest BCUT2D eigenvalue weighted by Gasteiger charge is -2.07. The third-order valence-corrected chi connectivity index (χ3v) is 6.59. The van der Waals surface area contributed by atoms with Crippen LogP contribution < -0.4 is 14.8 Å². The fraction of sp³-hybridized carbons (Fsp3) is 0.400. The largest absolute Gasteiger partial charge is 0.497 e. The van der Waals surface area contributed by atoms with Gasteiger partial charge in [-0.25, -0.2) is 13.1 Å². The highest BCUT2D eigenvalue weighted by atomic mass is 32.2. The summed E-state index contributed by atoms with van der Waals surface area (Å²) < 4.78 is 37.4. The topological polar surface area (TPSA) is 120 Å². The molecule has 1 heterocycles. The molecule has 2 rings (SSSR count). The summed E-state index contributed by atoms with van der Waals surface area (Å²) in [4.78, 5) is 12.0. The fourth-order valence-electron chi connectivity index (χ4n) is 1.85. The number of benzene rings is 1. The van der Waals surface area contributed by atoms with Gasteiger partial charge in [0.25, 0.3) is 0 Å². The number of nitrogens with one attached hydrogen (secondary N) is 2. The van der Waals surface area contributed by atoms with Crippen LogP contribution in [0.3, 0.4) is 0 Å². The monoisotopic (exact) mass is 432 g/mol. The van der Waals surface area contributed by atoms with Crippen LogP contribution in [-0.2, 0) is 19.6 Å². The van der Waals surface area contributed by atoms with E-state index in [0.29, 0.717) is 17.5 Å². The van der Waals surface area contributed by atoms with Crippen molar-refractivity contribution in [2.45, 2.75) is 15.7 Å². The molecule has 0 saturated heterocycles. The molecule has 0 atom stereocenters. The molecule has 9 nitrogen and oxygen atoms in total. The number of anilines is 1. The molecule has 1 aromatic carbocycles. The lowest BCUT2D eigenvalue weighted by molar-refractivity contribution is -0.116. The standard InChI is InChI=1S/C15H20N4O5S3/c1-23-9-10-25-15-19-18-14(26-15)17-13(20)7-8-16-27(21,22)12-5-3-11(24-2)4-6-12/h3-6,16H,7-10H2,1-2H3,(H,17,18,20). The van der Waals surface area contributed by atoms with Crippen LogP contribution in [0.15, 0.2) is 33.5 Å². The zero-order valence-corrected chi connectivity index (χ0v) is 17.2. The van der Waals surface area contributed by atoms with E-state index in [0.717, 1.165) is 10.1 Å². The third kappa shape index (κ3) is 7.07. The van der Waals surface area contributed by atoms with E-state index in [9.17, 15) is 13.2 Å². The number of hydrogen-bond donors (Lipinski definition) is 2. The van der Waals surface area contributed by atoms with E-state index < -0.39 is 10.0 Å². The summed E-state index contributed by atoms with van der Waals surface area (Å²) in [6.45, 7) is 0.564. The number of methoxy groups -OCH3 is 2. The molecule has 27 heavy (non-hydrogen) atoms. The molecule has 0 aliphatic rings. The highest BCUT2D eigenvalue weighted by molar-refractivity contribution is 8.01. The molecular weight excluding hydrogens is 412 g/mol. The maximum atomic E-state index is 12.2. The summed E-state index contributed by atoms with van der Waals surface area (Å²) in [5, 5.41) is 10.8. The van der Waals surface area contributed by atoms with Gasteiger partial charge in [0.15, 0.2) is 4.34 Å². The Hall–Kier alpha value is -1.73. The quantitative estimate of drug-likeness (QED) is 0.312. The van der Waals surface area contributed by atoms with Gasteiger partial charge in [0, 0.05) is 25.8 Å². The van der Waals surface area contributed by atoms with Crippen molar-refractivity contribution in [3.8, 4) is 5.75 Å². The summed E-state index contributed by atoms with van der Waals surface area (Å²) in [5.74, 6) is 0.953. The molecule has 0 spiro atoms. The molecule has 2 aromatic rings. The van der Waals surface area contributed by atoms with Crippen molar-refractivity contribution in [1.29, 1.82) is 0 Å². The third-order valence-electron chi connectivity index (χ3n) is 3.18. The van der Waals surface area contributed by atoms with Crippen LogP contribution in [0.25, 0.3) is 0 Å². The maximum absolute atomic E-state index is 12.2. The average molecular weight is 433 g/mol. The summed E-state index contributed by atoms with van der Waals surface area (Å²) in [6, 6.07) is 5.98. The molecule has 0 aliphatic carbocycles. The van der Waals surface area contributed by atoms with E-state index in [1.807, 2.05) is 0 Å². The number of rotatable bonds is 11. The second-order valence-electron chi connectivity index (χ2n) is 5.09. The summed E-state index contributed by atoms with van der Waals surface area (Å²) in [7, 11) is -0.569. The van der Waals surface area contributed by atoms with Gasteiger partial charge in [-0.2, -0.15) is 0 Å². The van der Waals surface area contributed by atoms with Crippen molar-refractivity contribution in [3.63, 3.8) is 0 Å². The Kier molecular flexibility index (Phi) is 8.44. The molecule has 0 aliphatic heterocycles. The van der Waals surface area contributed by atoms with Gasteiger partial charge in [0.05, 0.1) is 18.6 Å². The predicted molar refractivity (Wildman–Crippen MR) is 104 cm³/mol. The normalized spacial score (nSPS) is 11.3. The van der Waals surface area contributed by atoms with Crippen LogP contribution in [0, 0.1) is 0 Å². The van der Waals surface area contributed by atoms with E-state index in [1.54, 1.807) is 19.2 Å². The van der Waals surface area contributed by atoms with Crippen LogP contribution in [0.1, 0.15) is 6.42 Å². The second-order valence-corrected chi connectivity index (χ2v) is 9.17. The number of carbonyl (C=O) groups is 1. The summed E-state index contributed by atoms with van der Waals surface area (Å²) >= 11 is 2.74. The van der Waals surface area contributed by atoms with E-state index in [4.69, 9.17) is 9.47 Å². The first kappa shape index (κ1) is 21.6. The first-order chi connectivity index (χ1) is 12.9. The van der Waals surface area contributed by atoms with Crippen molar-refractivity contribution in [2.75, 3.05) is 38.4 Å². The lowest BCUT2D eigenvalue weighted by atomic mass is 10.3. The van der Waals surface area contributed by atoms with Crippen LogP contribution >= 0.6 is 23.1 Å². The van der Waals surface area contributed by atoms with Crippen molar-refractivity contribution in [1.82, 2.24) is 14.9 Å². The minimum Gasteiger partial charge on any atom is -0.497 e. The van der Waals surface area contributed by atoms with Gasteiger partial charge in [-0.3, -0.25) is 4.79 Å². The van der Waals surface area contributed by atoms with Gasteiger partial charge in [-0.15, -0.1) is 10.2 Å². The van der Waals surface area contributed by atoms with Crippen molar-refractivity contribution < 1.29 is 22.7 Å². The Morgan fingerprint density at radius 3 is 2.63 bits per heavy atom. The molecule has 2 N–H and O–H groups in total. The van der Waals surface area contributed by atoms with Crippen molar-refractivity contribution >= 4 is 44.2 Å². The van der Waals surface area contributed by atoms with Crippen molar-refractivity contribution in [2.24, 2.45) is 0 Å².